The van der Waals surface area contributed by atoms with Gasteiger partial charge in [-0.05, 0) is 72.1 Å². The molecule has 1 saturated heterocycles. The molecule has 1 N–H and O–H groups in total. The van der Waals surface area contributed by atoms with E-state index in [1.165, 1.54) is 11.1 Å². The number of methoxy groups -OCH3 is 1. The fraction of sp³-hybridized carbons (Fsp3) is 0.355. The number of hydrogen-bond donors (Lipinski definition) is 1. The molecule has 1 unspecified atom stereocenters. The summed E-state index contributed by atoms with van der Waals surface area (Å²) in [6.07, 6.45) is 2.55. The molecule has 6 heteroatoms. The zero-order valence-corrected chi connectivity index (χ0v) is 21.1. The van der Waals surface area contributed by atoms with Crippen LogP contribution in [0.3, 0.4) is 0 Å². The first-order chi connectivity index (χ1) is 18.0. The molecule has 3 aliphatic rings. The van der Waals surface area contributed by atoms with E-state index in [4.69, 9.17) is 9.47 Å². The van der Waals surface area contributed by atoms with Crippen LogP contribution in [0.25, 0.3) is 0 Å². The fourth-order valence-electron chi connectivity index (χ4n) is 6.44. The third-order valence-electron chi connectivity index (χ3n) is 8.45. The molecule has 1 heterocycles. The molecule has 0 bridgehead atoms. The van der Waals surface area contributed by atoms with Crippen LogP contribution in [0, 0.1) is 17.8 Å². The molecule has 4 atom stereocenters. The van der Waals surface area contributed by atoms with Crippen LogP contribution in [-0.4, -0.2) is 42.6 Å². The molecule has 6 rings (SSSR count). The van der Waals surface area contributed by atoms with Gasteiger partial charge in [0.2, 0.25) is 0 Å². The Balaban J connectivity index is 1.02. The maximum absolute atomic E-state index is 13.1. The van der Waals surface area contributed by atoms with Crippen LogP contribution in [0.2, 0.25) is 0 Å². The molecule has 1 aliphatic heterocycles. The maximum atomic E-state index is 13.1. The van der Waals surface area contributed by atoms with E-state index in [1.807, 2.05) is 47.4 Å². The Hall–Kier alpha value is -3.80. The van der Waals surface area contributed by atoms with E-state index in [-0.39, 0.29) is 30.1 Å². The monoisotopic (exact) mass is 496 g/mol. The van der Waals surface area contributed by atoms with E-state index in [1.54, 1.807) is 7.11 Å². The number of nitrogens with one attached hydrogen (secondary N) is 1. The smallest absolute Gasteiger partial charge is 0.407 e. The fourth-order valence-corrected chi connectivity index (χ4v) is 6.44. The van der Waals surface area contributed by atoms with Gasteiger partial charge in [0.15, 0.2) is 0 Å². The lowest BCUT2D eigenvalue weighted by Crippen LogP contribution is -2.44. The topological polar surface area (TPSA) is 67.9 Å². The molecule has 190 valence electrons. The van der Waals surface area contributed by atoms with Gasteiger partial charge in [0, 0.05) is 24.6 Å². The van der Waals surface area contributed by atoms with Gasteiger partial charge in [-0.3, -0.25) is 4.79 Å². The first kappa shape index (κ1) is 23.6. The van der Waals surface area contributed by atoms with Gasteiger partial charge in [0.25, 0.3) is 5.91 Å². The van der Waals surface area contributed by atoms with Crippen LogP contribution >= 0.6 is 0 Å². The van der Waals surface area contributed by atoms with E-state index in [0.29, 0.717) is 23.9 Å². The average Bonchev–Trinajstić information content (AvgIpc) is 3.28. The third kappa shape index (κ3) is 4.68. The van der Waals surface area contributed by atoms with Crippen molar-refractivity contribution in [3.05, 3.63) is 101 Å². The highest BCUT2D eigenvalue weighted by molar-refractivity contribution is 5.94. The molecule has 6 nitrogen and oxygen atoms in total. The second-order valence-electron chi connectivity index (χ2n) is 10.7. The van der Waals surface area contributed by atoms with Gasteiger partial charge in [0.1, 0.15) is 12.4 Å². The molecule has 0 radical (unpaired) electrons. The van der Waals surface area contributed by atoms with Gasteiger partial charge >= 0.3 is 6.09 Å². The summed E-state index contributed by atoms with van der Waals surface area (Å²) in [5.41, 5.74) is 3.92. The van der Waals surface area contributed by atoms with E-state index in [9.17, 15) is 9.59 Å². The molecular formula is C31H32N2O4. The summed E-state index contributed by atoms with van der Waals surface area (Å²) in [5.74, 6) is 1.98. The van der Waals surface area contributed by atoms with E-state index < -0.39 is 0 Å². The van der Waals surface area contributed by atoms with Crippen LogP contribution in [0.5, 0.6) is 5.75 Å². The minimum absolute atomic E-state index is 0.0442. The van der Waals surface area contributed by atoms with Crippen molar-refractivity contribution in [2.75, 3.05) is 20.2 Å². The predicted octanol–water partition coefficient (Wildman–Crippen LogP) is 5.06. The minimum atomic E-state index is -0.364. The summed E-state index contributed by atoms with van der Waals surface area (Å²) >= 11 is 0. The average molecular weight is 497 g/mol. The number of carbonyl (C=O) groups excluding carboxylic acids is 2. The lowest BCUT2D eigenvalue weighted by molar-refractivity contribution is 0.0777. The number of likely N-dealkylation sites (tertiary alicyclic amines) is 1. The molecule has 37 heavy (non-hydrogen) atoms. The van der Waals surface area contributed by atoms with Crippen molar-refractivity contribution in [3.63, 3.8) is 0 Å². The normalized spacial score (nSPS) is 25.2. The standard InChI is InChI=1S/C31H32N2O4/c1-36-27-13-11-24(12-14-27)29(34)33-18-25-16-26-17-31(26,28(25)19-33)32-30(35)37-20-23-9-7-22(8-10-23)15-21-5-3-2-4-6-21/h2-14,25-26,28H,15-20H2,1H3,(H,32,35)/t25-,26?,28+,31-/m1/s1. The quantitative estimate of drug-likeness (QED) is 0.496. The summed E-state index contributed by atoms with van der Waals surface area (Å²) in [6, 6.07) is 25.9. The number of benzene rings is 3. The summed E-state index contributed by atoms with van der Waals surface area (Å²) in [6.45, 7) is 1.67. The van der Waals surface area contributed by atoms with Crippen molar-refractivity contribution in [2.45, 2.75) is 31.4 Å². The first-order valence-corrected chi connectivity index (χ1v) is 13.0. The first-order valence-electron chi connectivity index (χ1n) is 13.0. The summed E-state index contributed by atoms with van der Waals surface area (Å²) in [4.78, 5) is 27.8. The predicted molar refractivity (Wildman–Crippen MR) is 140 cm³/mol. The van der Waals surface area contributed by atoms with E-state index in [0.717, 1.165) is 37.1 Å². The van der Waals surface area contributed by atoms with Gasteiger partial charge in [-0.1, -0.05) is 54.6 Å². The van der Waals surface area contributed by atoms with Crippen molar-refractivity contribution < 1.29 is 19.1 Å². The van der Waals surface area contributed by atoms with Crippen LogP contribution in [0.15, 0.2) is 78.9 Å². The zero-order valence-electron chi connectivity index (χ0n) is 21.1. The molecule has 0 aromatic heterocycles. The van der Waals surface area contributed by atoms with Gasteiger partial charge in [-0.25, -0.2) is 4.79 Å². The molecular weight excluding hydrogens is 464 g/mol. The molecule has 2 amide bonds. The molecule has 3 aromatic carbocycles. The zero-order chi connectivity index (χ0) is 25.4. The van der Waals surface area contributed by atoms with Crippen molar-refractivity contribution in [1.29, 1.82) is 0 Å². The third-order valence-corrected chi connectivity index (χ3v) is 8.45. The summed E-state index contributed by atoms with van der Waals surface area (Å²) in [7, 11) is 1.62. The largest absolute Gasteiger partial charge is 0.497 e. The number of amides is 2. The Morgan fingerprint density at radius 1 is 0.919 bits per heavy atom. The SMILES string of the molecule is COc1ccc(C(=O)N2C[C@H]3CC4C[C@]4(NC(=O)OCc4ccc(Cc5ccccc5)cc4)[C@H]3C2)cc1. The Bertz CT molecular complexity index is 1270. The number of rotatable bonds is 7. The van der Waals surface area contributed by atoms with Gasteiger partial charge in [-0.2, -0.15) is 0 Å². The highest BCUT2D eigenvalue weighted by Crippen LogP contribution is 2.63. The number of fused-ring (bicyclic) bond motifs is 3. The number of alkyl carbamates (subject to hydrolysis) is 1. The maximum Gasteiger partial charge on any atom is 0.407 e. The molecule has 3 aromatic rings. The van der Waals surface area contributed by atoms with Crippen LogP contribution in [-0.2, 0) is 17.8 Å². The molecule has 2 aliphatic carbocycles. The Kier molecular flexibility index (Phi) is 6.11. The van der Waals surface area contributed by atoms with Crippen molar-refractivity contribution in [3.8, 4) is 5.75 Å². The van der Waals surface area contributed by atoms with Crippen molar-refractivity contribution >= 4 is 12.0 Å². The number of ether oxygens (including phenoxy) is 2. The molecule has 0 spiro atoms. The molecule has 2 saturated carbocycles. The second-order valence-corrected chi connectivity index (χ2v) is 10.7. The molecule has 3 fully saturated rings. The summed E-state index contributed by atoms with van der Waals surface area (Å²) < 4.78 is 10.8. The van der Waals surface area contributed by atoms with E-state index >= 15 is 0 Å². The Labute approximate surface area is 217 Å². The lowest BCUT2D eigenvalue weighted by Gasteiger charge is -2.24. The van der Waals surface area contributed by atoms with Crippen LogP contribution < -0.4 is 10.1 Å². The Morgan fingerprint density at radius 3 is 2.35 bits per heavy atom. The number of hydrogen-bond acceptors (Lipinski definition) is 4. The minimum Gasteiger partial charge on any atom is -0.497 e. The summed E-state index contributed by atoms with van der Waals surface area (Å²) in [5, 5.41) is 3.21. The van der Waals surface area contributed by atoms with Crippen molar-refractivity contribution in [2.24, 2.45) is 17.8 Å². The van der Waals surface area contributed by atoms with Gasteiger partial charge < -0.3 is 19.7 Å². The Morgan fingerprint density at radius 2 is 1.62 bits per heavy atom. The van der Waals surface area contributed by atoms with E-state index in [2.05, 4.69) is 41.7 Å². The van der Waals surface area contributed by atoms with Crippen LogP contribution in [0.1, 0.15) is 39.9 Å². The van der Waals surface area contributed by atoms with Crippen LogP contribution in [0.4, 0.5) is 4.79 Å². The van der Waals surface area contributed by atoms with Crippen molar-refractivity contribution in [1.82, 2.24) is 10.2 Å². The number of nitrogens with zero attached hydrogens (tertiary/aromatic N) is 1. The second kappa shape index (κ2) is 9.58. The lowest BCUT2D eigenvalue weighted by atomic mass is 9.91. The highest BCUT2D eigenvalue weighted by atomic mass is 16.5. The number of carbonyl (C=O) groups is 2. The van der Waals surface area contributed by atoms with Gasteiger partial charge in [-0.15, -0.1) is 0 Å². The van der Waals surface area contributed by atoms with Gasteiger partial charge in [0.05, 0.1) is 12.6 Å². The highest BCUT2D eigenvalue weighted by Gasteiger charge is 2.69.